The van der Waals surface area contributed by atoms with Crippen molar-refractivity contribution in [3.63, 3.8) is 0 Å². The second kappa shape index (κ2) is 3.83. The lowest BCUT2D eigenvalue weighted by atomic mass is 10.2. The predicted molar refractivity (Wildman–Crippen MR) is 54.8 cm³/mol. The molecule has 5 heteroatoms. The first-order valence-electron chi connectivity index (χ1n) is 4.29. The van der Waals surface area contributed by atoms with Gasteiger partial charge in [-0.15, -0.1) is 0 Å². The molecule has 0 bridgehead atoms. The lowest BCUT2D eigenvalue weighted by Crippen LogP contribution is -2.20. The predicted octanol–water partition coefficient (Wildman–Crippen LogP) is 0.383. The smallest absolute Gasteiger partial charge is 0.267 e. The van der Waals surface area contributed by atoms with Crippen molar-refractivity contribution in [2.24, 2.45) is 10.1 Å². The van der Waals surface area contributed by atoms with E-state index >= 15 is 0 Å². The molecule has 1 aromatic carbocycles. The zero-order chi connectivity index (χ0) is 10.7. The molecular weight excluding hydrogens is 194 g/mol. The van der Waals surface area contributed by atoms with Gasteiger partial charge in [0, 0.05) is 5.56 Å². The number of rotatable bonds is 1. The van der Waals surface area contributed by atoms with E-state index < -0.39 is 11.8 Å². The Labute approximate surface area is 85.5 Å². The van der Waals surface area contributed by atoms with Gasteiger partial charge in [-0.2, -0.15) is 5.10 Å². The zero-order valence-electron chi connectivity index (χ0n) is 7.68. The molecule has 0 spiro atoms. The molecule has 0 saturated carbocycles. The fraction of sp³-hybridized carbons (Fsp3) is 0. The maximum Gasteiger partial charge on any atom is 0.291 e. The van der Waals surface area contributed by atoms with Crippen molar-refractivity contribution in [3.8, 4) is 0 Å². The Balaban J connectivity index is 2.24. The van der Waals surface area contributed by atoms with Crippen molar-refractivity contribution in [2.75, 3.05) is 0 Å². The third-order valence-electron chi connectivity index (χ3n) is 1.83. The Hall–Kier alpha value is -2.30. The molecule has 1 aromatic rings. The Kier molecular flexibility index (Phi) is 2.37. The second-order valence-corrected chi connectivity index (χ2v) is 2.87. The quantitative estimate of drug-likeness (QED) is 0.713. The molecule has 1 N–H and O–H groups in total. The van der Waals surface area contributed by atoms with E-state index in [1.807, 2.05) is 0 Å². The van der Waals surface area contributed by atoms with Crippen LogP contribution in [0.2, 0.25) is 0 Å². The molecule has 0 saturated heterocycles. The third-order valence-corrected chi connectivity index (χ3v) is 1.83. The van der Waals surface area contributed by atoms with Crippen molar-refractivity contribution in [1.29, 1.82) is 0 Å². The van der Waals surface area contributed by atoms with Crippen LogP contribution in [0.3, 0.4) is 0 Å². The molecule has 15 heavy (non-hydrogen) atoms. The number of carbonyl (C=O) groups is 2. The van der Waals surface area contributed by atoms with E-state index in [1.165, 1.54) is 6.21 Å². The Morgan fingerprint density at radius 3 is 2.60 bits per heavy atom. The summed E-state index contributed by atoms with van der Waals surface area (Å²) < 4.78 is 0. The van der Waals surface area contributed by atoms with Crippen molar-refractivity contribution >= 4 is 23.7 Å². The lowest BCUT2D eigenvalue weighted by molar-refractivity contribution is -0.114. The Morgan fingerprint density at radius 2 is 2.00 bits per heavy atom. The van der Waals surface area contributed by atoms with Crippen molar-refractivity contribution in [3.05, 3.63) is 35.9 Å². The Morgan fingerprint density at radius 1 is 1.27 bits per heavy atom. The van der Waals surface area contributed by atoms with Gasteiger partial charge in [-0.1, -0.05) is 18.2 Å². The Bertz CT molecular complexity index is 463. The van der Waals surface area contributed by atoms with Crippen LogP contribution in [0.4, 0.5) is 0 Å². The number of carbonyl (C=O) groups excluding carboxylic acids is 2. The first-order valence-corrected chi connectivity index (χ1v) is 4.29. The summed E-state index contributed by atoms with van der Waals surface area (Å²) in [5.41, 5.74) is 2.65. The summed E-state index contributed by atoms with van der Waals surface area (Å²) in [5, 5.41) is 3.48. The molecule has 0 aliphatic carbocycles. The number of hydrogen-bond acceptors (Lipinski definition) is 3. The first kappa shape index (κ1) is 9.26. The van der Waals surface area contributed by atoms with E-state index in [4.69, 9.17) is 0 Å². The zero-order valence-corrected chi connectivity index (χ0v) is 7.68. The van der Waals surface area contributed by atoms with Gasteiger partial charge in [0.1, 0.15) is 0 Å². The highest BCUT2D eigenvalue weighted by atomic mass is 16.2. The molecule has 1 aliphatic heterocycles. The van der Waals surface area contributed by atoms with Gasteiger partial charge in [0.05, 0.1) is 6.21 Å². The van der Waals surface area contributed by atoms with E-state index in [0.29, 0.717) is 5.56 Å². The minimum absolute atomic E-state index is 0.0313. The molecule has 0 atom stereocenters. The molecule has 2 amide bonds. The number of amides is 2. The minimum Gasteiger partial charge on any atom is -0.267 e. The summed E-state index contributed by atoms with van der Waals surface area (Å²) in [6.07, 6.45) is 1.23. The maximum atomic E-state index is 11.5. The van der Waals surface area contributed by atoms with Gasteiger partial charge in [-0.05, 0) is 12.1 Å². The van der Waals surface area contributed by atoms with Crippen LogP contribution in [0, 0.1) is 0 Å². The van der Waals surface area contributed by atoms with Crippen LogP contribution in [-0.4, -0.2) is 23.7 Å². The van der Waals surface area contributed by atoms with Gasteiger partial charge in [-0.25, -0.2) is 10.4 Å². The van der Waals surface area contributed by atoms with E-state index in [0.717, 1.165) is 0 Å². The molecule has 1 aliphatic rings. The van der Waals surface area contributed by atoms with Crippen LogP contribution in [-0.2, 0) is 4.79 Å². The molecule has 2 rings (SSSR count). The fourth-order valence-corrected chi connectivity index (χ4v) is 1.10. The molecule has 0 radical (unpaired) electrons. The highest BCUT2D eigenvalue weighted by Gasteiger charge is 2.15. The van der Waals surface area contributed by atoms with Crippen molar-refractivity contribution < 1.29 is 9.59 Å². The summed E-state index contributed by atoms with van der Waals surface area (Å²) in [6, 6.07) is 8.53. The van der Waals surface area contributed by atoms with Crippen molar-refractivity contribution in [1.82, 2.24) is 5.43 Å². The number of hydrogen-bond donors (Lipinski definition) is 1. The topological polar surface area (TPSA) is 70.9 Å². The molecule has 0 aromatic heterocycles. The highest BCUT2D eigenvalue weighted by Crippen LogP contribution is 2.01. The summed E-state index contributed by atoms with van der Waals surface area (Å²) >= 11 is 0. The molecule has 5 nitrogen and oxygen atoms in total. The monoisotopic (exact) mass is 201 g/mol. The van der Waals surface area contributed by atoms with Crippen LogP contribution >= 0.6 is 0 Å². The van der Waals surface area contributed by atoms with Gasteiger partial charge in [0.2, 0.25) is 0 Å². The summed E-state index contributed by atoms with van der Waals surface area (Å²) in [5.74, 6) is -0.909. The van der Waals surface area contributed by atoms with Crippen LogP contribution in [0.25, 0.3) is 0 Å². The van der Waals surface area contributed by atoms with Gasteiger partial charge in [0.25, 0.3) is 11.8 Å². The number of nitrogens with zero attached hydrogens (tertiary/aromatic N) is 2. The fourth-order valence-electron chi connectivity index (χ4n) is 1.10. The van der Waals surface area contributed by atoms with Crippen LogP contribution in [0.1, 0.15) is 10.4 Å². The van der Waals surface area contributed by atoms with Gasteiger partial charge in [-0.3, -0.25) is 9.59 Å². The number of nitrogens with one attached hydrogen (secondary N) is 1. The summed E-state index contributed by atoms with van der Waals surface area (Å²) in [4.78, 5) is 26.2. The minimum atomic E-state index is -0.459. The normalized spacial score (nSPS) is 16.8. The summed E-state index contributed by atoms with van der Waals surface area (Å²) in [6.45, 7) is 0. The standard InChI is InChI=1S/C10H7N3O2/c14-9(7-4-2-1-3-5-7)12-8-6-11-13-10(8)15/h1-6H,(H,12,13,14,15). The lowest BCUT2D eigenvalue weighted by Gasteiger charge is -1.94. The summed E-state index contributed by atoms with van der Waals surface area (Å²) in [7, 11) is 0. The highest BCUT2D eigenvalue weighted by molar-refractivity contribution is 6.63. The van der Waals surface area contributed by atoms with E-state index in [1.54, 1.807) is 30.3 Å². The van der Waals surface area contributed by atoms with Gasteiger partial charge >= 0.3 is 0 Å². The maximum absolute atomic E-state index is 11.5. The van der Waals surface area contributed by atoms with E-state index in [9.17, 15) is 9.59 Å². The molecule has 0 unspecified atom stereocenters. The SMILES string of the molecule is O=C1NN=CC1=NC(=O)c1ccccc1. The van der Waals surface area contributed by atoms with Gasteiger partial charge in [0.15, 0.2) is 5.71 Å². The molecule has 1 heterocycles. The van der Waals surface area contributed by atoms with Crippen LogP contribution in [0.5, 0.6) is 0 Å². The first-order chi connectivity index (χ1) is 7.27. The van der Waals surface area contributed by atoms with E-state index in [2.05, 4.69) is 15.5 Å². The number of aliphatic imine (C=N–C) groups is 1. The third kappa shape index (κ3) is 1.96. The molecule has 0 fully saturated rings. The van der Waals surface area contributed by atoms with E-state index in [-0.39, 0.29) is 5.71 Å². The van der Waals surface area contributed by atoms with Crippen LogP contribution in [0.15, 0.2) is 40.4 Å². The molecule has 74 valence electrons. The average Bonchev–Trinajstić information content (AvgIpc) is 2.66. The number of benzene rings is 1. The number of hydrazone groups is 1. The largest absolute Gasteiger partial charge is 0.291 e. The molecular formula is C10H7N3O2. The second-order valence-electron chi connectivity index (χ2n) is 2.87. The van der Waals surface area contributed by atoms with Crippen molar-refractivity contribution in [2.45, 2.75) is 0 Å². The van der Waals surface area contributed by atoms with Gasteiger partial charge < -0.3 is 0 Å². The van der Waals surface area contributed by atoms with Crippen LogP contribution < -0.4 is 5.43 Å². The average molecular weight is 201 g/mol.